The van der Waals surface area contributed by atoms with Gasteiger partial charge in [0.05, 0.1) is 16.8 Å². The van der Waals surface area contributed by atoms with Crippen molar-refractivity contribution < 1.29 is 8.83 Å². The maximum atomic E-state index is 6.66. The Balaban J connectivity index is 0.770. The van der Waals surface area contributed by atoms with Gasteiger partial charge in [-0.1, -0.05) is 213 Å². The standard InChI is InChI=1S/C86H58N2O2/c1-3-21-67-71-31-19-35-78(84(71)89-80(67)4-2)87(60-22-7-5-8-23-60)62-45-40-54(41-46-62)56-38-39-58-52-74-77(53-59(58)50-56)86(75-33-16-13-27-65(75)66-28-14-17-34-76(66)86)83-70-49-44-57(51-73(70)64-26-11-12-30-69(64)82(74)83)55-42-47-63(48-43-55)88(61-24-9-6-10-25-61)79-36-20-32-72-68-29-15-18-37-81(68)90-85(72)79/h3-18,20-30,32-53H,2,19,31H2,1H3/b21-3-. The van der Waals surface area contributed by atoms with Crippen molar-refractivity contribution in [2.24, 2.45) is 0 Å². The molecule has 2 aromatic heterocycles. The molecule has 0 N–H and O–H groups in total. The lowest BCUT2D eigenvalue weighted by Crippen LogP contribution is -2.26. The van der Waals surface area contributed by atoms with Gasteiger partial charge >= 0.3 is 0 Å². The summed E-state index contributed by atoms with van der Waals surface area (Å²) in [5.41, 5.74) is 24.9. The average molecular weight is 1150 g/mol. The fourth-order valence-electron chi connectivity index (χ4n) is 15.6. The molecule has 90 heavy (non-hydrogen) atoms. The number of hydrogen-bond donors (Lipinski definition) is 0. The second-order valence-electron chi connectivity index (χ2n) is 24.1. The number of allylic oxidation sites excluding steroid dienone is 2. The minimum absolute atomic E-state index is 0.596. The Morgan fingerprint density at radius 1 is 0.433 bits per heavy atom. The summed E-state index contributed by atoms with van der Waals surface area (Å²) in [5, 5.41) is 9.65. The summed E-state index contributed by atoms with van der Waals surface area (Å²) < 4.78 is 13.3. The molecule has 0 fully saturated rings. The highest BCUT2D eigenvalue weighted by atomic mass is 16.3. The van der Waals surface area contributed by atoms with Crippen LogP contribution in [0.5, 0.6) is 0 Å². The van der Waals surface area contributed by atoms with Gasteiger partial charge in [-0.3, -0.25) is 0 Å². The van der Waals surface area contributed by atoms with E-state index in [1.165, 1.54) is 93.5 Å². The van der Waals surface area contributed by atoms with E-state index in [2.05, 4.69) is 308 Å². The van der Waals surface area contributed by atoms with Gasteiger partial charge in [-0.05, 0) is 210 Å². The van der Waals surface area contributed by atoms with E-state index in [4.69, 9.17) is 8.83 Å². The molecule has 3 aliphatic carbocycles. The van der Waals surface area contributed by atoms with Crippen molar-refractivity contribution >= 4 is 101 Å². The van der Waals surface area contributed by atoms with Gasteiger partial charge in [-0.25, -0.2) is 0 Å². The Hall–Kier alpha value is -11.5. The summed E-state index contributed by atoms with van der Waals surface area (Å²) in [5.74, 6) is 1.71. The predicted octanol–water partition coefficient (Wildman–Crippen LogP) is 23.6. The van der Waals surface area contributed by atoms with Gasteiger partial charge in [-0.2, -0.15) is 0 Å². The van der Waals surface area contributed by atoms with E-state index in [-0.39, 0.29) is 0 Å². The number of rotatable bonds is 10. The summed E-state index contributed by atoms with van der Waals surface area (Å²) >= 11 is 0. The third kappa shape index (κ3) is 7.61. The summed E-state index contributed by atoms with van der Waals surface area (Å²) in [6.07, 6.45) is 10.2. The van der Waals surface area contributed by atoms with Crippen LogP contribution in [0.2, 0.25) is 0 Å². The Kier molecular flexibility index (Phi) is 11.7. The van der Waals surface area contributed by atoms with Crippen LogP contribution in [0.4, 0.5) is 28.4 Å². The highest BCUT2D eigenvalue weighted by molar-refractivity contribution is 6.21. The van der Waals surface area contributed by atoms with Crippen LogP contribution in [0, 0.1) is 0 Å². The molecule has 18 rings (SSSR count). The zero-order chi connectivity index (χ0) is 59.6. The average Bonchev–Trinajstić information content (AvgIpc) is 1.49. The van der Waals surface area contributed by atoms with Crippen molar-refractivity contribution in [1.82, 2.24) is 0 Å². The highest BCUT2D eigenvalue weighted by Crippen LogP contribution is 2.66. The number of benzene rings is 13. The largest absolute Gasteiger partial charge is 0.454 e. The van der Waals surface area contributed by atoms with Crippen LogP contribution in [0.15, 0.2) is 301 Å². The Bertz CT molecular complexity index is 5460. The lowest BCUT2D eigenvalue weighted by molar-refractivity contribution is 0.535. The third-order valence-electron chi connectivity index (χ3n) is 19.4. The SMILES string of the molecule is C=Cc1oc2c(c1/C=C\C)CCC=C2N(c1ccccc1)c1ccc(-c2ccc3cc4c(cc3c2)C2(c3ccccc3-c3ccccc32)c2c-4c3ccccc3c3cc(-c4ccc(N(c5ccccc5)c5cccc6c5oc5ccccc56)cc4)ccc23)cc1. The van der Waals surface area contributed by atoms with Crippen LogP contribution in [0.25, 0.3) is 117 Å². The minimum atomic E-state index is -0.596. The molecule has 0 aliphatic heterocycles. The van der Waals surface area contributed by atoms with Gasteiger partial charge < -0.3 is 18.6 Å². The monoisotopic (exact) mass is 1150 g/mol. The molecule has 0 atom stereocenters. The summed E-state index contributed by atoms with van der Waals surface area (Å²) in [6.45, 7) is 6.18. The van der Waals surface area contributed by atoms with E-state index in [1.807, 2.05) is 12.1 Å². The lowest BCUT2D eigenvalue weighted by atomic mass is 9.69. The molecule has 3 aliphatic rings. The molecule has 424 valence electrons. The highest BCUT2D eigenvalue weighted by Gasteiger charge is 2.53. The second kappa shape index (κ2) is 20.3. The van der Waals surface area contributed by atoms with Crippen LogP contribution >= 0.6 is 0 Å². The third-order valence-corrected chi connectivity index (χ3v) is 19.4. The number of furan rings is 2. The first-order valence-electron chi connectivity index (χ1n) is 31.3. The van der Waals surface area contributed by atoms with Gasteiger partial charge in [0.1, 0.15) is 11.3 Å². The van der Waals surface area contributed by atoms with Crippen LogP contribution in [0.1, 0.15) is 58.2 Å². The molecule has 0 amide bonds. The molecule has 2 heterocycles. The van der Waals surface area contributed by atoms with Crippen molar-refractivity contribution in [3.8, 4) is 44.5 Å². The van der Waals surface area contributed by atoms with Crippen molar-refractivity contribution in [3.05, 3.63) is 337 Å². The molecule has 4 heteroatoms. The molecule has 0 bridgehead atoms. The quantitative estimate of drug-likeness (QED) is 0.128. The fraction of sp³-hybridized carbons (Fsp3) is 0.0465. The van der Waals surface area contributed by atoms with Crippen molar-refractivity contribution in [2.75, 3.05) is 9.80 Å². The van der Waals surface area contributed by atoms with Gasteiger partial charge in [0.15, 0.2) is 11.3 Å². The molecule has 0 radical (unpaired) electrons. The number of hydrogen-bond acceptors (Lipinski definition) is 4. The molecule has 4 nitrogen and oxygen atoms in total. The maximum Gasteiger partial charge on any atom is 0.159 e. The smallest absolute Gasteiger partial charge is 0.159 e. The Morgan fingerprint density at radius 3 is 1.73 bits per heavy atom. The number of fused-ring (bicyclic) bond motifs is 20. The molecule has 13 aromatic carbocycles. The number of anilines is 5. The van der Waals surface area contributed by atoms with E-state index >= 15 is 0 Å². The lowest BCUT2D eigenvalue weighted by Gasteiger charge is -2.32. The van der Waals surface area contributed by atoms with Crippen LogP contribution in [-0.4, -0.2) is 0 Å². The molecular formula is C86H58N2O2. The molecule has 0 saturated heterocycles. The normalized spacial score (nSPS) is 13.5. The van der Waals surface area contributed by atoms with Gasteiger partial charge in [0.2, 0.25) is 0 Å². The molecule has 0 saturated carbocycles. The Morgan fingerprint density at radius 2 is 1.02 bits per heavy atom. The van der Waals surface area contributed by atoms with Gasteiger partial charge in [-0.15, -0.1) is 0 Å². The fourth-order valence-corrected chi connectivity index (χ4v) is 15.6. The zero-order valence-electron chi connectivity index (χ0n) is 49.6. The van der Waals surface area contributed by atoms with E-state index in [0.717, 1.165) is 97.1 Å². The van der Waals surface area contributed by atoms with Crippen LogP contribution < -0.4 is 9.80 Å². The van der Waals surface area contributed by atoms with Crippen LogP contribution in [-0.2, 0) is 11.8 Å². The molecular weight excluding hydrogens is 1090 g/mol. The Labute approximate surface area is 522 Å². The second-order valence-corrected chi connectivity index (χ2v) is 24.1. The minimum Gasteiger partial charge on any atom is -0.454 e. The van der Waals surface area contributed by atoms with E-state index in [1.54, 1.807) is 0 Å². The number of para-hydroxylation sites is 4. The van der Waals surface area contributed by atoms with E-state index in [9.17, 15) is 0 Å². The molecule has 15 aromatic rings. The zero-order valence-corrected chi connectivity index (χ0v) is 49.6. The first-order valence-corrected chi connectivity index (χ1v) is 31.3. The molecule has 0 unspecified atom stereocenters. The van der Waals surface area contributed by atoms with Crippen molar-refractivity contribution in [1.29, 1.82) is 0 Å². The summed E-state index contributed by atoms with van der Waals surface area (Å²) in [7, 11) is 0. The van der Waals surface area contributed by atoms with Crippen molar-refractivity contribution in [3.63, 3.8) is 0 Å². The van der Waals surface area contributed by atoms with E-state index in [0.29, 0.717) is 0 Å². The maximum absolute atomic E-state index is 6.66. The van der Waals surface area contributed by atoms with Gasteiger partial charge in [0, 0.05) is 44.6 Å². The summed E-state index contributed by atoms with van der Waals surface area (Å²) in [6, 6.07) is 101. The first kappa shape index (κ1) is 51.7. The first-order chi connectivity index (χ1) is 44.5. The topological polar surface area (TPSA) is 32.8 Å². The summed E-state index contributed by atoms with van der Waals surface area (Å²) in [4.78, 5) is 4.65. The van der Waals surface area contributed by atoms with Crippen LogP contribution in [0.3, 0.4) is 0 Å². The molecule has 1 spiro atoms. The number of nitrogens with zero attached hydrogens (tertiary/aromatic N) is 2. The van der Waals surface area contributed by atoms with Crippen molar-refractivity contribution in [2.45, 2.75) is 25.2 Å². The van der Waals surface area contributed by atoms with E-state index < -0.39 is 5.41 Å². The van der Waals surface area contributed by atoms with Gasteiger partial charge in [0.25, 0.3) is 0 Å². The predicted molar refractivity (Wildman–Crippen MR) is 376 cm³/mol.